The number of rotatable bonds is 6. The monoisotopic (exact) mass is 396 g/mol. The Hall–Kier alpha value is -2.14. The standard InChI is InChI=1S/C23H28N2O2S/c1-17(19-9-10-19)25(16-18-6-3-2-4-7-18)22(26)20-11-13-24(14-12-20)23(27)21-8-5-15-28-21/h2-8,15,17,19-20H,9-14,16H2,1H3. The molecule has 5 heteroatoms. The van der Waals surface area contributed by atoms with Crippen LogP contribution >= 0.6 is 11.3 Å². The first-order chi connectivity index (χ1) is 13.6. The zero-order valence-corrected chi connectivity index (χ0v) is 17.2. The first-order valence-electron chi connectivity index (χ1n) is 10.3. The van der Waals surface area contributed by atoms with E-state index in [1.54, 1.807) is 0 Å². The van der Waals surface area contributed by atoms with Crippen molar-refractivity contribution in [3.63, 3.8) is 0 Å². The predicted molar refractivity (Wildman–Crippen MR) is 112 cm³/mol. The third-order valence-corrected chi connectivity index (χ3v) is 7.00. The molecule has 1 saturated carbocycles. The molecule has 148 valence electrons. The molecule has 2 amide bonds. The topological polar surface area (TPSA) is 40.6 Å². The van der Waals surface area contributed by atoms with Crippen LogP contribution in [-0.4, -0.2) is 40.7 Å². The second kappa shape index (κ2) is 8.48. The number of carbonyl (C=O) groups is 2. The van der Waals surface area contributed by atoms with E-state index in [1.807, 2.05) is 40.6 Å². The fraction of sp³-hybridized carbons (Fsp3) is 0.478. The normalized spacial score (nSPS) is 18.7. The SMILES string of the molecule is CC(C1CC1)N(Cc1ccccc1)C(=O)C1CCN(C(=O)c2cccs2)CC1. The number of piperidine rings is 1. The average Bonchev–Trinajstić information content (AvgIpc) is 3.45. The van der Waals surface area contributed by atoms with E-state index < -0.39 is 0 Å². The molecule has 0 N–H and O–H groups in total. The van der Waals surface area contributed by atoms with Crippen molar-refractivity contribution in [1.29, 1.82) is 0 Å². The molecule has 2 aromatic rings. The minimum Gasteiger partial charge on any atom is -0.338 e. The van der Waals surface area contributed by atoms with E-state index >= 15 is 0 Å². The van der Waals surface area contributed by atoms with Gasteiger partial charge in [0.25, 0.3) is 5.91 Å². The van der Waals surface area contributed by atoms with Gasteiger partial charge in [0.1, 0.15) is 0 Å². The van der Waals surface area contributed by atoms with Crippen LogP contribution < -0.4 is 0 Å². The summed E-state index contributed by atoms with van der Waals surface area (Å²) in [6.45, 7) is 4.23. The smallest absolute Gasteiger partial charge is 0.263 e. The van der Waals surface area contributed by atoms with Gasteiger partial charge >= 0.3 is 0 Å². The Morgan fingerprint density at radius 1 is 1.07 bits per heavy atom. The third-order valence-electron chi connectivity index (χ3n) is 6.14. The molecule has 1 aliphatic heterocycles. The Morgan fingerprint density at radius 3 is 2.39 bits per heavy atom. The zero-order valence-electron chi connectivity index (χ0n) is 16.4. The van der Waals surface area contributed by atoms with Gasteiger partial charge in [0.2, 0.25) is 5.91 Å². The first kappa shape index (κ1) is 19.2. The summed E-state index contributed by atoms with van der Waals surface area (Å²) >= 11 is 1.49. The van der Waals surface area contributed by atoms with Crippen molar-refractivity contribution < 1.29 is 9.59 Å². The van der Waals surface area contributed by atoms with Crippen LogP contribution in [0.2, 0.25) is 0 Å². The molecular formula is C23H28N2O2S. The van der Waals surface area contributed by atoms with Crippen molar-refractivity contribution in [1.82, 2.24) is 9.80 Å². The van der Waals surface area contributed by atoms with E-state index in [-0.39, 0.29) is 17.7 Å². The summed E-state index contributed by atoms with van der Waals surface area (Å²) in [5, 5.41) is 1.93. The summed E-state index contributed by atoms with van der Waals surface area (Å²) < 4.78 is 0. The van der Waals surface area contributed by atoms with Gasteiger partial charge in [-0.1, -0.05) is 36.4 Å². The quantitative estimate of drug-likeness (QED) is 0.725. The van der Waals surface area contributed by atoms with Gasteiger partial charge in [-0.2, -0.15) is 0 Å². The fourth-order valence-corrected chi connectivity index (χ4v) is 4.85. The number of hydrogen-bond donors (Lipinski definition) is 0. The zero-order chi connectivity index (χ0) is 19.5. The van der Waals surface area contributed by atoms with Crippen LogP contribution in [0.15, 0.2) is 47.8 Å². The maximum Gasteiger partial charge on any atom is 0.263 e. The molecule has 2 aliphatic rings. The first-order valence-corrected chi connectivity index (χ1v) is 11.2. The Balaban J connectivity index is 1.40. The van der Waals surface area contributed by atoms with Crippen LogP contribution in [0.3, 0.4) is 0 Å². The summed E-state index contributed by atoms with van der Waals surface area (Å²) in [4.78, 5) is 30.8. The maximum atomic E-state index is 13.4. The van der Waals surface area contributed by atoms with E-state index in [9.17, 15) is 9.59 Å². The summed E-state index contributed by atoms with van der Waals surface area (Å²) in [5.41, 5.74) is 1.19. The number of amides is 2. The number of nitrogens with zero attached hydrogens (tertiary/aromatic N) is 2. The van der Waals surface area contributed by atoms with E-state index in [4.69, 9.17) is 0 Å². The molecule has 0 spiro atoms. The van der Waals surface area contributed by atoms with Gasteiger partial charge in [-0.3, -0.25) is 9.59 Å². The highest BCUT2D eigenvalue weighted by Gasteiger charge is 2.37. The summed E-state index contributed by atoms with van der Waals surface area (Å²) in [5.74, 6) is 1.05. The van der Waals surface area contributed by atoms with E-state index in [0.717, 1.165) is 17.7 Å². The molecule has 1 unspecified atom stereocenters. The Labute approximate surface area is 171 Å². The van der Waals surface area contributed by atoms with Gasteiger partial charge in [0.05, 0.1) is 4.88 Å². The third kappa shape index (κ3) is 4.30. The van der Waals surface area contributed by atoms with E-state index in [1.165, 1.54) is 29.7 Å². The molecule has 2 heterocycles. The predicted octanol–water partition coefficient (Wildman–Crippen LogP) is 4.43. The molecule has 1 aromatic carbocycles. The van der Waals surface area contributed by atoms with Gasteiger partial charge < -0.3 is 9.80 Å². The van der Waals surface area contributed by atoms with Crippen molar-refractivity contribution >= 4 is 23.2 Å². The van der Waals surface area contributed by atoms with Gasteiger partial charge in [0.15, 0.2) is 0 Å². The highest BCUT2D eigenvalue weighted by molar-refractivity contribution is 7.12. The van der Waals surface area contributed by atoms with Crippen LogP contribution in [0.1, 0.15) is 47.8 Å². The highest BCUT2D eigenvalue weighted by Crippen LogP contribution is 2.37. The molecule has 28 heavy (non-hydrogen) atoms. The molecule has 0 bridgehead atoms. The van der Waals surface area contributed by atoms with Gasteiger partial charge in [0, 0.05) is 31.6 Å². The molecule has 0 radical (unpaired) electrons. The summed E-state index contributed by atoms with van der Waals surface area (Å²) in [6, 6.07) is 14.4. The van der Waals surface area contributed by atoms with Gasteiger partial charge in [-0.25, -0.2) is 0 Å². The van der Waals surface area contributed by atoms with Crippen LogP contribution in [0.4, 0.5) is 0 Å². The lowest BCUT2D eigenvalue weighted by molar-refractivity contribution is -0.140. The number of thiophene rings is 1. The van der Waals surface area contributed by atoms with Crippen molar-refractivity contribution in [2.75, 3.05) is 13.1 Å². The Morgan fingerprint density at radius 2 is 1.79 bits per heavy atom. The lowest BCUT2D eigenvalue weighted by atomic mass is 9.93. The molecule has 1 aliphatic carbocycles. The largest absolute Gasteiger partial charge is 0.338 e. The number of likely N-dealkylation sites (tertiary alicyclic amines) is 1. The molecular weight excluding hydrogens is 368 g/mol. The minimum atomic E-state index is 0.0253. The lowest BCUT2D eigenvalue weighted by Crippen LogP contribution is -2.47. The second-order valence-electron chi connectivity index (χ2n) is 8.07. The summed E-state index contributed by atoms with van der Waals surface area (Å²) in [6.07, 6.45) is 3.98. The second-order valence-corrected chi connectivity index (χ2v) is 9.02. The van der Waals surface area contributed by atoms with Crippen LogP contribution in [0.5, 0.6) is 0 Å². The van der Waals surface area contributed by atoms with Crippen LogP contribution in [0, 0.1) is 11.8 Å². The van der Waals surface area contributed by atoms with Crippen molar-refractivity contribution in [3.05, 3.63) is 58.3 Å². The van der Waals surface area contributed by atoms with E-state index in [0.29, 0.717) is 31.6 Å². The number of carbonyl (C=O) groups excluding carboxylic acids is 2. The van der Waals surface area contributed by atoms with Gasteiger partial charge in [-0.15, -0.1) is 11.3 Å². The Bertz CT molecular complexity index is 793. The van der Waals surface area contributed by atoms with Crippen molar-refractivity contribution in [2.45, 2.75) is 45.2 Å². The molecule has 4 nitrogen and oxygen atoms in total. The highest BCUT2D eigenvalue weighted by atomic mass is 32.1. The van der Waals surface area contributed by atoms with Crippen LogP contribution in [-0.2, 0) is 11.3 Å². The number of hydrogen-bond acceptors (Lipinski definition) is 3. The maximum absolute atomic E-state index is 13.4. The molecule has 1 atom stereocenters. The lowest BCUT2D eigenvalue weighted by Gasteiger charge is -2.37. The van der Waals surface area contributed by atoms with Crippen molar-refractivity contribution in [2.24, 2.45) is 11.8 Å². The molecule has 2 fully saturated rings. The van der Waals surface area contributed by atoms with E-state index in [2.05, 4.69) is 24.0 Å². The van der Waals surface area contributed by atoms with Crippen molar-refractivity contribution in [3.8, 4) is 0 Å². The fourth-order valence-electron chi connectivity index (χ4n) is 4.16. The average molecular weight is 397 g/mol. The molecule has 1 aromatic heterocycles. The Kier molecular flexibility index (Phi) is 5.81. The summed E-state index contributed by atoms with van der Waals surface area (Å²) in [7, 11) is 0. The number of benzene rings is 1. The molecule has 4 rings (SSSR count). The van der Waals surface area contributed by atoms with Crippen LogP contribution in [0.25, 0.3) is 0 Å². The van der Waals surface area contributed by atoms with Gasteiger partial charge in [-0.05, 0) is 55.5 Å². The molecule has 1 saturated heterocycles. The minimum absolute atomic E-state index is 0.0253.